The van der Waals surface area contributed by atoms with Gasteiger partial charge in [0.15, 0.2) is 0 Å². The number of hydrogen-bond acceptors (Lipinski definition) is 1. The Morgan fingerprint density at radius 1 is 1.05 bits per heavy atom. The highest BCUT2D eigenvalue weighted by atomic mass is 19.1. The van der Waals surface area contributed by atoms with Crippen LogP contribution in [0.3, 0.4) is 0 Å². The van der Waals surface area contributed by atoms with Crippen LogP contribution in [0.15, 0.2) is 24.3 Å². The van der Waals surface area contributed by atoms with E-state index in [0.717, 1.165) is 19.3 Å². The maximum Gasteiger partial charge on any atom is 0.126 e. The molecule has 0 aromatic heterocycles. The Kier molecular flexibility index (Phi) is 7.07. The van der Waals surface area contributed by atoms with Crippen LogP contribution in [0.1, 0.15) is 64.4 Å². The zero-order valence-electron chi connectivity index (χ0n) is 12.3. The van der Waals surface area contributed by atoms with Gasteiger partial charge in [-0.15, -0.1) is 0 Å². The fourth-order valence-corrected chi connectivity index (χ4v) is 2.43. The molecule has 1 unspecified atom stereocenters. The van der Waals surface area contributed by atoms with Gasteiger partial charge in [-0.2, -0.15) is 0 Å². The normalized spacial score (nSPS) is 14.3. The first-order valence-corrected chi connectivity index (χ1v) is 7.51. The van der Waals surface area contributed by atoms with E-state index in [4.69, 9.17) is 0 Å². The zero-order chi connectivity index (χ0) is 14.1. The van der Waals surface area contributed by atoms with Crippen LogP contribution in [-0.2, 0) is 6.42 Å². The van der Waals surface area contributed by atoms with E-state index in [1.54, 1.807) is 12.1 Å². The van der Waals surface area contributed by atoms with Gasteiger partial charge in [0.05, 0.1) is 5.60 Å². The highest BCUT2D eigenvalue weighted by molar-refractivity contribution is 5.19. The van der Waals surface area contributed by atoms with Crippen molar-refractivity contribution in [1.82, 2.24) is 0 Å². The predicted molar refractivity (Wildman–Crippen MR) is 78.7 cm³/mol. The summed E-state index contributed by atoms with van der Waals surface area (Å²) in [4.78, 5) is 0. The molecule has 0 saturated heterocycles. The summed E-state index contributed by atoms with van der Waals surface area (Å²) in [6, 6.07) is 6.71. The average Bonchev–Trinajstić information content (AvgIpc) is 2.36. The van der Waals surface area contributed by atoms with Crippen LogP contribution >= 0.6 is 0 Å². The molecule has 0 aliphatic carbocycles. The van der Waals surface area contributed by atoms with Crippen molar-refractivity contribution in [3.8, 4) is 0 Å². The number of halogens is 1. The van der Waals surface area contributed by atoms with E-state index in [1.807, 2.05) is 13.0 Å². The molecule has 1 N–H and O–H groups in total. The third-order valence-corrected chi connectivity index (χ3v) is 3.60. The molecule has 0 aliphatic rings. The first-order valence-electron chi connectivity index (χ1n) is 7.51. The Labute approximate surface area is 116 Å². The summed E-state index contributed by atoms with van der Waals surface area (Å²) in [6.07, 6.45) is 8.40. The minimum atomic E-state index is -0.799. The first-order chi connectivity index (χ1) is 9.05. The van der Waals surface area contributed by atoms with Gasteiger partial charge in [-0.3, -0.25) is 0 Å². The van der Waals surface area contributed by atoms with Gasteiger partial charge in [0, 0.05) is 6.42 Å². The molecule has 0 saturated carbocycles. The summed E-state index contributed by atoms with van der Waals surface area (Å²) < 4.78 is 13.5. The van der Waals surface area contributed by atoms with Crippen molar-refractivity contribution in [2.75, 3.05) is 0 Å². The molecule has 1 nitrogen and oxygen atoms in total. The summed E-state index contributed by atoms with van der Waals surface area (Å²) in [7, 11) is 0. The number of hydrogen-bond donors (Lipinski definition) is 1. The van der Waals surface area contributed by atoms with Crippen molar-refractivity contribution in [3.63, 3.8) is 0 Å². The van der Waals surface area contributed by atoms with Gasteiger partial charge in [0.1, 0.15) is 5.82 Å². The van der Waals surface area contributed by atoms with Gasteiger partial charge in [-0.25, -0.2) is 4.39 Å². The second-order valence-electron chi connectivity index (χ2n) is 5.78. The molecule has 19 heavy (non-hydrogen) atoms. The van der Waals surface area contributed by atoms with Crippen LogP contribution in [0.25, 0.3) is 0 Å². The topological polar surface area (TPSA) is 20.2 Å². The van der Waals surface area contributed by atoms with Gasteiger partial charge in [0.25, 0.3) is 0 Å². The lowest BCUT2D eigenvalue weighted by molar-refractivity contribution is 0.0476. The second-order valence-corrected chi connectivity index (χ2v) is 5.78. The molecule has 2 heteroatoms. The van der Waals surface area contributed by atoms with E-state index in [1.165, 1.54) is 31.7 Å². The van der Waals surface area contributed by atoms with Crippen LogP contribution in [0.5, 0.6) is 0 Å². The summed E-state index contributed by atoms with van der Waals surface area (Å²) in [6.45, 7) is 4.02. The molecule has 0 bridgehead atoms. The standard InChI is InChI=1S/C17H27FO/c1-3-4-5-6-7-10-13-17(2,19)14-15-11-8-9-12-16(15)18/h8-9,11-12,19H,3-7,10,13-14H2,1-2H3. The average molecular weight is 266 g/mol. The van der Waals surface area contributed by atoms with Gasteiger partial charge in [0.2, 0.25) is 0 Å². The van der Waals surface area contributed by atoms with E-state index >= 15 is 0 Å². The van der Waals surface area contributed by atoms with Crippen molar-refractivity contribution < 1.29 is 9.50 Å². The van der Waals surface area contributed by atoms with E-state index in [-0.39, 0.29) is 5.82 Å². The third kappa shape index (κ3) is 6.72. The molecule has 0 amide bonds. The van der Waals surface area contributed by atoms with Gasteiger partial charge in [-0.1, -0.05) is 63.6 Å². The molecule has 108 valence electrons. The Morgan fingerprint density at radius 2 is 1.68 bits per heavy atom. The quantitative estimate of drug-likeness (QED) is 0.632. The molecule has 1 aromatic carbocycles. The molecule has 1 aromatic rings. The fraction of sp³-hybridized carbons (Fsp3) is 0.647. The largest absolute Gasteiger partial charge is 0.390 e. The highest BCUT2D eigenvalue weighted by Crippen LogP contribution is 2.22. The molecule has 0 radical (unpaired) electrons. The first kappa shape index (κ1) is 16.2. The van der Waals surface area contributed by atoms with Gasteiger partial charge >= 0.3 is 0 Å². The lowest BCUT2D eigenvalue weighted by Gasteiger charge is -2.23. The van der Waals surface area contributed by atoms with Crippen LogP contribution in [0.2, 0.25) is 0 Å². The molecule has 1 rings (SSSR count). The van der Waals surface area contributed by atoms with E-state index in [2.05, 4.69) is 6.92 Å². The smallest absolute Gasteiger partial charge is 0.126 e. The molecule has 0 spiro atoms. The molecular weight excluding hydrogens is 239 g/mol. The van der Waals surface area contributed by atoms with Crippen molar-refractivity contribution >= 4 is 0 Å². The van der Waals surface area contributed by atoms with Crippen LogP contribution in [0.4, 0.5) is 4.39 Å². The van der Waals surface area contributed by atoms with Crippen molar-refractivity contribution in [2.45, 2.75) is 70.8 Å². The second kappa shape index (κ2) is 8.31. The minimum Gasteiger partial charge on any atom is -0.390 e. The van der Waals surface area contributed by atoms with E-state index in [0.29, 0.717) is 12.0 Å². The third-order valence-electron chi connectivity index (χ3n) is 3.60. The summed E-state index contributed by atoms with van der Waals surface area (Å²) >= 11 is 0. The maximum atomic E-state index is 13.5. The lowest BCUT2D eigenvalue weighted by Crippen LogP contribution is -2.27. The molecule has 0 fully saturated rings. The summed E-state index contributed by atoms with van der Waals surface area (Å²) in [5.74, 6) is -0.217. The Bertz CT molecular complexity index is 360. The Morgan fingerprint density at radius 3 is 2.37 bits per heavy atom. The fourth-order valence-electron chi connectivity index (χ4n) is 2.43. The zero-order valence-corrected chi connectivity index (χ0v) is 12.3. The molecular formula is C17H27FO. The van der Waals surface area contributed by atoms with Crippen molar-refractivity contribution in [3.05, 3.63) is 35.6 Å². The molecule has 0 heterocycles. The number of rotatable bonds is 9. The number of aliphatic hydroxyl groups is 1. The van der Waals surface area contributed by atoms with Gasteiger partial charge < -0.3 is 5.11 Å². The summed E-state index contributed by atoms with van der Waals surface area (Å²) in [5.41, 5.74) is -0.189. The monoisotopic (exact) mass is 266 g/mol. The Balaban J connectivity index is 2.30. The number of unbranched alkanes of at least 4 members (excludes halogenated alkanes) is 5. The predicted octanol–water partition coefficient (Wildman–Crippen LogP) is 4.87. The lowest BCUT2D eigenvalue weighted by atomic mass is 9.90. The van der Waals surface area contributed by atoms with E-state index < -0.39 is 5.60 Å². The summed E-state index contributed by atoms with van der Waals surface area (Å²) in [5, 5.41) is 10.3. The minimum absolute atomic E-state index is 0.217. The van der Waals surface area contributed by atoms with Crippen molar-refractivity contribution in [2.24, 2.45) is 0 Å². The molecule has 0 aliphatic heterocycles. The van der Waals surface area contributed by atoms with Crippen LogP contribution in [0, 0.1) is 5.82 Å². The highest BCUT2D eigenvalue weighted by Gasteiger charge is 2.21. The van der Waals surface area contributed by atoms with E-state index in [9.17, 15) is 9.50 Å². The van der Waals surface area contributed by atoms with Gasteiger partial charge in [-0.05, 0) is 25.0 Å². The van der Waals surface area contributed by atoms with Crippen LogP contribution < -0.4 is 0 Å². The maximum absolute atomic E-state index is 13.5. The molecule has 1 atom stereocenters. The Hall–Kier alpha value is -0.890. The number of benzene rings is 1. The SMILES string of the molecule is CCCCCCCCC(C)(O)Cc1ccccc1F. The van der Waals surface area contributed by atoms with Crippen LogP contribution in [-0.4, -0.2) is 10.7 Å². The van der Waals surface area contributed by atoms with Crippen molar-refractivity contribution in [1.29, 1.82) is 0 Å².